The van der Waals surface area contributed by atoms with Gasteiger partial charge in [-0.3, -0.25) is 4.40 Å². The van der Waals surface area contributed by atoms with E-state index in [0.29, 0.717) is 0 Å². The van der Waals surface area contributed by atoms with Gasteiger partial charge in [-0.05, 0) is 112 Å². The van der Waals surface area contributed by atoms with Gasteiger partial charge in [0.05, 0.1) is 31.9 Å². The maximum atomic E-state index is 13.8. The number of nitrogens with zero attached hydrogens (tertiary/aromatic N) is 2. The summed E-state index contributed by atoms with van der Waals surface area (Å²) in [7, 11) is -3.71. The van der Waals surface area contributed by atoms with Crippen LogP contribution in [0.2, 0.25) is 0 Å². The van der Waals surface area contributed by atoms with Crippen molar-refractivity contribution in [3.8, 4) is 39.1 Å². The van der Waals surface area contributed by atoms with Gasteiger partial charge in [-0.25, -0.2) is 8.42 Å². The van der Waals surface area contributed by atoms with Crippen LogP contribution in [0, 0.1) is 0 Å². The van der Waals surface area contributed by atoms with Crippen LogP contribution in [0.25, 0.3) is 98.3 Å². The summed E-state index contributed by atoms with van der Waals surface area (Å²) in [5, 5.41) is 9.74. The van der Waals surface area contributed by atoms with Crippen molar-refractivity contribution in [1.82, 2.24) is 8.97 Å². The van der Waals surface area contributed by atoms with Gasteiger partial charge in [0.15, 0.2) is 0 Å². The van der Waals surface area contributed by atoms with Crippen LogP contribution in [-0.2, 0) is 9.84 Å². The molecule has 274 valence electrons. The Morgan fingerprint density at radius 3 is 1.33 bits per heavy atom. The molecule has 12 aromatic rings. The molecule has 0 aliphatic heterocycles. The van der Waals surface area contributed by atoms with Crippen LogP contribution in [-0.4, -0.2) is 17.4 Å². The fraction of sp³-hybridized carbons (Fsp3) is 0. The first-order chi connectivity index (χ1) is 28.5. The normalized spacial score (nSPS) is 12.3. The zero-order valence-corrected chi connectivity index (χ0v) is 32.6. The van der Waals surface area contributed by atoms with E-state index >= 15 is 0 Å². The van der Waals surface area contributed by atoms with Gasteiger partial charge in [0, 0.05) is 38.0 Å². The molecule has 0 atom stereocenters. The van der Waals surface area contributed by atoms with Crippen molar-refractivity contribution in [2.24, 2.45) is 0 Å². The summed E-state index contributed by atoms with van der Waals surface area (Å²) in [6.45, 7) is 0. The minimum absolute atomic E-state index is 0.272. The van der Waals surface area contributed by atoms with Crippen LogP contribution in [0.15, 0.2) is 203 Å². The van der Waals surface area contributed by atoms with Crippen LogP contribution in [0.1, 0.15) is 0 Å². The fourth-order valence-electron chi connectivity index (χ4n) is 9.01. The summed E-state index contributed by atoms with van der Waals surface area (Å²) in [6, 6.07) is 63.9. The maximum Gasteiger partial charge on any atom is 0.206 e. The Kier molecular flexibility index (Phi) is 7.15. The highest BCUT2D eigenvalue weighted by molar-refractivity contribution is 7.91. The third-order valence-corrected chi connectivity index (χ3v) is 14.5. The SMILES string of the molecule is O=S(=O)(c1ccc(-c2ccc(-c3cc4c5ccccc5n5c6sccc6c(c3)c45)cc2)cc1)c1ccc(-c2ccc(-n3c4ccccc4c4ccccc43)cc2)cc1. The molecule has 0 amide bonds. The molecule has 0 N–H and O–H groups in total. The third kappa shape index (κ3) is 4.89. The van der Waals surface area contributed by atoms with Gasteiger partial charge in [0.25, 0.3) is 0 Å². The van der Waals surface area contributed by atoms with E-state index in [-0.39, 0.29) is 9.79 Å². The van der Waals surface area contributed by atoms with Crippen molar-refractivity contribution >= 4 is 80.4 Å². The first-order valence-corrected chi connectivity index (χ1v) is 21.7. The van der Waals surface area contributed by atoms with E-state index in [4.69, 9.17) is 0 Å². The third-order valence-electron chi connectivity index (χ3n) is 11.8. The minimum atomic E-state index is -3.71. The van der Waals surface area contributed by atoms with E-state index in [1.165, 1.54) is 53.7 Å². The Labute approximate surface area is 338 Å². The number of hydrogen-bond donors (Lipinski definition) is 0. The average Bonchev–Trinajstić information content (AvgIpc) is 4.05. The quantitative estimate of drug-likeness (QED) is 0.169. The van der Waals surface area contributed by atoms with Crippen molar-refractivity contribution in [3.05, 3.63) is 193 Å². The lowest BCUT2D eigenvalue weighted by Gasteiger charge is -2.10. The lowest BCUT2D eigenvalue weighted by atomic mass is 9.97. The molecule has 4 nitrogen and oxygen atoms in total. The molecule has 0 radical (unpaired) electrons. The number of benzene rings is 8. The van der Waals surface area contributed by atoms with Gasteiger partial charge < -0.3 is 4.57 Å². The van der Waals surface area contributed by atoms with Gasteiger partial charge >= 0.3 is 0 Å². The molecule has 6 heteroatoms. The molecule has 0 aliphatic rings. The van der Waals surface area contributed by atoms with Crippen molar-refractivity contribution in [2.45, 2.75) is 9.79 Å². The van der Waals surface area contributed by atoms with Crippen LogP contribution >= 0.6 is 11.3 Å². The summed E-state index contributed by atoms with van der Waals surface area (Å²) >= 11 is 1.79. The molecular formula is C52H32N2O2S2. The van der Waals surface area contributed by atoms with Crippen molar-refractivity contribution < 1.29 is 8.42 Å². The first kappa shape index (κ1) is 33.2. The maximum absolute atomic E-state index is 13.8. The van der Waals surface area contributed by atoms with Gasteiger partial charge in [0.2, 0.25) is 9.84 Å². The first-order valence-electron chi connectivity index (χ1n) is 19.3. The highest BCUT2D eigenvalue weighted by Gasteiger charge is 2.21. The van der Waals surface area contributed by atoms with Gasteiger partial charge in [-0.15, -0.1) is 11.3 Å². The molecule has 0 spiro atoms. The topological polar surface area (TPSA) is 43.5 Å². The molecule has 4 aromatic heterocycles. The average molecular weight is 781 g/mol. The number of fused-ring (bicyclic) bond motifs is 9. The summed E-state index contributed by atoms with van der Waals surface area (Å²) in [5.74, 6) is 0. The molecule has 12 rings (SSSR count). The van der Waals surface area contributed by atoms with Crippen molar-refractivity contribution in [2.75, 3.05) is 0 Å². The predicted octanol–water partition coefficient (Wildman–Crippen LogP) is 13.8. The molecule has 0 saturated carbocycles. The number of hydrogen-bond acceptors (Lipinski definition) is 3. The Morgan fingerprint density at radius 2 is 0.793 bits per heavy atom. The molecule has 0 fully saturated rings. The number of sulfone groups is 1. The number of aromatic nitrogens is 2. The highest BCUT2D eigenvalue weighted by atomic mass is 32.2. The molecule has 8 aromatic carbocycles. The van der Waals surface area contributed by atoms with Crippen LogP contribution in [0.3, 0.4) is 0 Å². The number of rotatable bonds is 6. The summed E-state index contributed by atoms with van der Waals surface area (Å²) in [5.41, 5.74) is 12.2. The summed E-state index contributed by atoms with van der Waals surface area (Å²) < 4.78 is 32.3. The second-order valence-corrected chi connectivity index (χ2v) is 17.8. The largest absolute Gasteiger partial charge is 0.309 e. The van der Waals surface area contributed by atoms with E-state index in [2.05, 4.69) is 154 Å². The molecule has 0 unspecified atom stereocenters. The van der Waals surface area contributed by atoms with E-state index in [1.807, 2.05) is 24.3 Å². The van der Waals surface area contributed by atoms with Gasteiger partial charge in [-0.1, -0.05) is 115 Å². The molecule has 0 bridgehead atoms. The predicted molar refractivity (Wildman–Crippen MR) is 242 cm³/mol. The minimum Gasteiger partial charge on any atom is -0.309 e. The highest BCUT2D eigenvalue weighted by Crippen LogP contribution is 2.43. The molecule has 0 saturated heterocycles. The monoisotopic (exact) mass is 780 g/mol. The van der Waals surface area contributed by atoms with Crippen LogP contribution in [0.4, 0.5) is 0 Å². The standard InChI is InChI=1S/C52H32N2O2S2/c55-58(56,41-27-21-36(22-28-41)34-17-23-39(24-18-34)53-48-10-4-1-7-42(48)43-8-2-5-11-49(43)53)40-25-19-35(20-26-40)33-13-15-37(16-14-33)38-31-46-44-9-3-6-12-50(44)54-51(46)47(32-38)45-29-30-57-52(45)54/h1-32H. The van der Waals surface area contributed by atoms with Gasteiger partial charge in [0.1, 0.15) is 4.83 Å². The lowest BCUT2D eigenvalue weighted by Crippen LogP contribution is -2.01. The molecule has 58 heavy (non-hydrogen) atoms. The zero-order chi connectivity index (χ0) is 38.5. The Hall–Kier alpha value is -6.99. The second-order valence-electron chi connectivity index (χ2n) is 15.0. The molecule has 4 heterocycles. The van der Waals surface area contributed by atoms with E-state index in [9.17, 15) is 8.42 Å². The Bertz CT molecular complexity index is 3600. The lowest BCUT2D eigenvalue weighted by molar-refractivity contribution is 0.596. The Morgan fingerprint density at radius 1 is 0.379 bits per heavy atom. The molecular weight excluding hydrogens is 749 g/mol. The second kappa shape index (κ2) is 12.5. The fourth-order valence-corrected chi connectivity index (χ4v) is 11.2. The summed E-state index contributed by atoms with van der Waals surface area (Å²) in [6.07, 6.45) is 0. The van der Waals surface area contributed by atoms with E-state index in [1.54, 1.807) is 35.6 Å². The van der Waals surface area contributed by atoms with Crippen molar-refractivity contribution in [1.29, 1.82) is 0 Å². The van der Waals surface area contributed by atoms with Gasteiger partial charge in [-0.2, -0.15) is 0 Å². The molecule has 0 aliphatic carbocycles. The number of para-hydroxylation sites is 3. The van der Waals surface area contributed by atoms with Crippen LogP contribution < -0.4 is 0 Å². The number of thiophene rings is 1. The van der Waals surface area contributed by atoms with Crippen molar-refractivity contribution in [3.63, 3.8) is 0 Å². The Balaban J connectivity index is 0.798. The van der Waals surface area contributed by atoms with E-state index < -0.39 is 9.84 Å². The van der Waals surface area contributed by atoms with Crippen LogP contribution in [0.5, 0.6) is 0 Å². The zero-order valence-electron chi connectivity index (χ0n) is 31.0. The van der Waals surface area contributed by atoms with E-state index in [0.717, 1.165) is 44.5 Å². The summed E-state index contributed by atoms with van der Waals surface area (Å²) in [4.78, 5) is 1.83. The smallest absolute Gasteiger partial charge is 0.206 e.